The topological polar surface area (TPSA) is 125 Å². The van der Waals surface area contributed by atoms with Crippen molar-refractivity contribution >= 4 is 37.9 Å². The predicted octanol–water partition coefficient (Wildman–Crippen LogP) is 2.32. The van der Waals surface area contributed by atoms with E-state index in [-0.39, 0.29) is 28.1 Å². The molecule has 1 unspecified atom stereocenters. The molecular weight excluding hydrogens is 482 g/mol. The number of carbonyl (C=O) groups is 1. The summed E-state index contributed by atoms with van der Waals surface area (Å²) in [6.07, 6.45) is 3.24. The Bertz CT molecular complexity index is 1150. The molecule has 34 heavy (non-hydrogen) atoms. The molecule has 3 aliphatic rings. The van der Waals surface area contributed by atoms with Crippen molar-refractivity contribution in [2.75, 3.05) is 38.4 Å². The van der Waals surface area contributed by atoms with Gasteiger partial charge in [0.05, 0.1) is 48.1 Å². The van der Waals surface area contributed by atoms with Crippen molar-refractivity contribution in [3.05, 3.63) is 40.9 Å². The van der Waals surface area contributed by atoms with Crippen LogP contribution in [0.3, 0.4) is 0 Å². The predicted molar refractivity (Wildman–Crippen MR) is 124 cm³/mol. The van der Waals surface area contributed by atoms with Crippen molar-refractivity contribution in [3.63, 3.8) is 0 Å². The van der Waals surface area contributed by atoms with Crippen LogP contribution in [-0.4, -0.2) is 69.4 Å². The fourth-order valence-corrected chi connectivity index (χ4v) is 6.13. The SMILES string of the molecule is O=C(Nc1ncc(C2COCCO2)s1)C(=NO[C@@H]1CCOC1)c1ccc(S(=O)(=O)C2CC2)cc1. The number of sulfone groups is 1. The molecule has 0 radical (unpaired) electrons. The Labute approximate surface area is 201 Å². The maximum atomic E-state index is 13.1. The van der Waals surface area contributed by atoms with Crippen LogP contribution >= 0.6 is 11.3 Å². The lowest BCUT2D eigenvalue weighted by Crippen LogP contribution is -2.25. The molecule has 0 spiro atoms. The summed E-state index contributed by atoms with van der Waals surface area (Å²) in [5, 5.41) is 6.96. The van der Waals surface area contributed by atoms with Gasteiger partial charge in [-0.05, 0) is 25.0 Å². The summed E-state index contributed by atoms with van der Waals surface area (Å²) in [5.74, 6) is -0.515. The van der Waals surface area contributed by atoms with Gasteiger partial charge in [0, 0.05) is 18.2 Å². The van der Waals surface area contributed by atoms with Gasteiger partial charge in [-0.2, -0.15) is 0 Å². The van der Waals surface area contributed by atoms with E-state index >= 15 is 0 Å². The fourth-order valence-electron chi connectivity index (χ4n) is 3.62. The Balaban J connectivity index is 1.34. The van der Waals surface area contributed by atoms with Gasteiger partial charge in [0.15, 0.2) is 26.8 Å². The summed E-state index contributed by atoms with van der Waals surface area (Å²) in [4.78, 5) is 24.1. The van der Waals surface area contributed by atoms with Gasteiger partial charge in [-0.3, -0.25) is 10.1 Å². The largest absolute Gasteiger partial charge is 0.389 e. The van der Waals surface area contributed by atoms with Gasteiger partial charge in [-0.25, -0.2) is 13.4 Å². The third kappa shape index (κ3) is 5.31. The Morgan fingerprint density at radius 3 is 2.56 bits per heavy atom. The summed E-state index contributed by atoms with van der Waals surface area (Å²) < 4.78 is 41.4. The van der Waals surface area contributed by atoms with Crippen LogP contribution in [0.2, 0.25) is 0 Å². The average Bonchev–Trinajstić information content (AvgIpc) is 3.41. The zero-order valence-electron chi connectivity index (χ0n) is 18.3. The Hall–Kier alpha value is -2.38. The number of benzene rings is 1. The summed E-state index contributed by atoms with van der Waals surface area (Å²) >= 11 is 1.30. The third-order valence-electron chi connectivity index (χ3n) is 5.69. The first-order valence-electron chi connectivity index (χ1n) is 11.1. The molecule has 1 saturated carbocycles. The molecule has 2 aromatic rings. The number of hydrogen-bond acceptors (Lipinski definition) is 10. The van der Waals surface area contributed by atoms with Gasteiger partial charge in [0.2, 0.25) is 0 Å². The fraction of sp³-hybridized carbons (Fsp3) is 0.500. The number of hydrogen-bond donors (Lipinski definition) is 1. The van der Waals surface area contributed by atoms with Gasteiger partial charge in [0.25, 0.3) is 5.91 Å². The minimum atomic E-state index is -3.33. The molecule has 1 N–H and O–H groups in total. The monoisotopic (exact) mass is 507 g/mol. The number of nitrogens with one attached hydrogen (secondary N) is 1. The molecule has 1 amide bonds. The van der Waals surface area contributed by atoms with Gasteiger partial charge >= 0.3 is 0 Å². The van der Waals surface area contributed by atoms with E-state index in [2.05, 4.69) is 15.5 Å². The van der Waals surface area contributed by atoms with E-state index in [9.17, 15) is 13.2 Å². The zero-order chi connectivity index (χ0) is 23.5. The lowest BCUT2D eigenvalue weighted by molar-refractivity contribution is -0.110. The first kappa shape index (κ1) is 23.4. The number of thiazole rings is 1. The molecule has 12 heteroatoms. The Morgan fingerprint density at radius 1 is 1.09 bits per heavy atom. The second-order valence-corrected chi connectivity index (χ2v) is 11.5. The number of anilines is 1. The first-order chi connectivity index (χ1) is 16.5. The summed E-state index contributed by atoms with van der Waals surface area (Å²) in [5.41, 5.74) is 0.461. The van der Waals surface area contributed by atoms with Crippen molar-refractivity contribution in [2.45, 2.75) is 41.6 Å². The van der Waals surface area contributed by atoms with E-state index in [1.807, 2.05) is 0 Å². The van der Waals surface area contributed by atoms with Crippen LogP contribution in [0.5, 0.6) is 0 Å². The van der Waals surface area contributed by atoms with Crippen LogP contribution in [-0.2, 0) is 33.7 Å². The van der Waals surface area contributed by atoms with Crippen LogP contribution in [0.1, 0.15) is 35.8 Å². The van der Waals surface area contributed by atoms with Crippen LogP contribution in [0.15, 0.2) is 40.5 Å². The van der Waals surface area contributed by atoms with Crippen LogP contribution < -0.4 is 5.32 Å². The number of ether oxygens (including phenoxy) is 3. The maximum Gasteiger partial charge on any atom is 0.280 e. The van der Waals surface area contributed by atoms with E-state index in [1.165, 1.54) is 23.5 Å². The molecule has 3 heterocycles. The van der Waals surface area contributed by atoms with Gasteiger partial charge in [0.1, 0.15) is 6.10 Å². The number of carbonyl (C=O) groups excluding carboxylic acids is 1. The molecule has 5 rings (SSSR count). The highest BCUT2D eigenvalue weighted by Crippen LogP contribution is 2.33. The Morgan fingerprint density at radius 2 is 1.88 bits per heavy atom. The minimum absolute atomic E-state index is 0.0243. The highest BCUT2D eigenvalue weighted by molar-refractivity contribution is 7.92. The number of aromatic nitrogens is 1. The molecule has 1 aliphatic carbocycles. The van der Waals surface area contributed by atoms with E-state index in [0.717, 1.165) is 4.88 Å². The number of nitrogens with zero attached hydrogens (tertiary/aromatic N) is 2. The number of oxime groups is 1. The van der Waals surface area contributed by atoms with Crippen molar-refractivity contribution in [1.29, 1.82) is 0 Å². The summed E-state index contributed by atoms with van der Waals surface area (Å²) in [6.45, 7) is 2.48. The highest BCUT2D eigenvalue weighted by atomic mass is 32.2. The van der Waals surface area contributed by atoms with E-state index in [4.69, 9.17) is 19.0 Å². The molecule has 3 fully saturated rings. The minimum Gasteiger partial charge on any atom is -0.389 e. The smallest absolute Gasteiger partial charge is 0.280 e. The normalized spacial score (nSPS) is 23.6. The van der Waals surface area contributed by atoms with E-state index in [0.29, 0.717) is 63.0 Å². The summed E-state index contributed by atoms with van der Waals surface area (Å²) in [7, 11) is -3.33. The van der Waals surface area contributed by atoms with Crippen molar-refractivity contribution in [3.8, 4) is 0 Å². The van der Waals surface area contributed by atoms with Crippen LogP contribution in [0, 0.1) is 0 Å². The lowest BCUT2D eigenvalue weighted by Gasteiger charge is -2.21. The first-order valence-corrected chi connectivity index (χ1v) is 13.5. The second kappa shape index (κ2) is 10.1. The maximum absolute atomic E-state index is 13.1. The van der Waals surface area contributed by atoms with Gasteiger partial charge in [-0.15, -0.1) is 0 Å². The van der Waals surface area contributed by atoms with E-state index in [1.54, 1.807) is 18.3 Å². The number of rotatable bonds is 8. The molecule has 2 aliphatic heterocycles. The van der Waals surface area contributed by atoms with Crippen LogP contribution in [0.25, 0.3) is 0 Å². The molecule has 0 bridgehead atoms. The van der Waals surface area contributed by atoms with Gasteiger partial charge < -0.3 is 19.0 Å². The molecule has 182 valence electrons. The molecular formula is C22H25N3O7S2. The molecule has 2 saturated heterocycles. The highest BCUT2D eigenvalue weighted by Gasteiger charge is 2.37. The molecule has 2 atom stereocenters. The number of amides is 1. The van der Waals surface area contributed by atoms with Crippen molar-refractivity contribution < 1.29 is 32.3 Å². The van der Waals surface area contributed by atoms with Crippen LogP contribution in [0.4, 0.5) is 5.13 Å². The standard InChI is InChI=1S/C22H25N3O7S2/c26-21(24-22-23-11-19(33-22)18-13-30-9-10-31-18)20(25-32-15-7-8-29-12-15)14-1-3-16(4-2-14)34(27,28)17-5-6-17/h1-4,11,15,17-18H,5-10,12-13H2,(H,23,24,26)/t15-,18?/m1/s1. The lowest BCUT2D eigenvalue weighted by atomic mass is 10.1. The molecule has 1 aromatic carbocycles. The molecule has 10 nitrogen and oxygen atoms in total. The van der Waals surface area contributed by atoms with E-state index < -0.39 is 15.7 Å². The second-order valence-electron chi connectivity index (χ2n) is 8.26. The van der Waals surface area contributed by atoms with Gasteiger partial charge in [-0.1, -0.05) is 28.6 Å². The average molecular weight is 508 g/mol. The third-order valence-corrected chi connectivity index (χ3v) is 8.98. The van der Waals surface area contributed by atoms with Crippen molar-refractivity contribution in [1.82, 2.24) is 4.98 Å². The van der Waals surface area contributed by atoms with Crippen molar-refractivity contribution in [2.24, 2.45) is 5.16 Å². The molecule has 1 aromatic heterocycles. The zero-order valence-corrected chi connectivity index (χ0v) is 20.0. The Kier molecular flexibility index (Phi) is 6.93. The quantitative estimate of drug-likeness (QED) is 0.426. The summed E-state index contributed by atoms with van der Waals surface area (Å²) in [6, 6.07) is 6.16.